The molecule has 0 unspecified atom stereocenters. The maximum absolute atomic E-state index is 11.5. The topological polar surface area (TPSA) is 101 Å². The number of halogens is 3. The number of pyridine rings is 2. The number of alkyl halides is 2. The van der Waals surface area contributed by atoms with Crippen molar-refractivity contribution in [1.29, 1.82) is 0 Å². The van der Waals surface area contributed by atoms with Gasteiger partial charge in [-0.05, 0) is 55.5 Å². The van der Waals surface area contributed by atoms with E-state index in [1.54, 1.807) is 45.3 Å². The highest BCUT2D eigenvalue weighted by atomic mass is 35.5. The summed E-state index contributed by atoms with van der Waals surface area (Å²) >= 11 is 14.6. The van der Waals surface area contributed by atoms with E-state index in [2.05, 4.69) is 41.0 Å². The van der Waals surface area contributed by atoms with Gasteiger partial charge in [-0.3, -0.25) is 9.59 Å². The summed E-state index contributed by atoms with van der Waals surface area (Å²) in [5, 5.41) is 2.64. The Balaban J connectivity index is -0.000000419. The van der Waals surface area contributed by atoms with E-state index >= 15 is 0 Å². The molecule has 2 aromatic heterocycles. The Morgan fingerprint density at radius 1 is 0.838 bits per heavy atom. The van der Waals surface area contributed by atoms with E-state index < -0.39 is 0 Å². The van der Waals surface area contributed by atoms with E-state index in [0.29, 0.717) is 11.6 Å². The molecule has 10 heteroatoms. The molecule has 0 aliphatic carbocycles. The number of nitrogens with one attached hydrogen (secondary N) is 1. The first kappa shape index (κ1) is 39.6. The molecule has 0 aromatic carbocycles. The van der Waals surface area contributed by atoms with Crippen molar-refractivity contribution < 1.29 is 9.59 Å². The van der Waals surface area contributed by atoms with Crippen molar-refractivity contribution in [2.75, 3.05) is 36.0 Å². The van der Waals surface area contributed by atoms with E-state index in [1.165, 1.54) is 19.6 Å². The highest BCUT2D eigenvalue weighted by molar-refractivity contribution is 6.64. The summed E-state index contributed by atoms with van der Waals surface area (Å²) in [5.74, 6) is 1.15. The van der Waals surface area contributed by atoms with Crippen LogP contribution < -0.4 is 11.1 Å². The van der Waals surface area contributed by atoms with Gasteiger partial charge in [-0.2, -0.15) is 0 Å². The Morgan fingerprint density at radius 3 is 1.43 bits per heavy atom. The van der Waals surface area contributed by atoms with Crippen molar-refractivity contribution in [2.24, 2.45) is 10.8 Å². The molecule has 0 saturated carbocycles. The fraction of sp³-hybridized carbons (Fsp3) is 0.556. The predicted molar refractivity (Wildman–Crippen MR) is 161 cm³/mol. The molecule has 0 saturated heterocycles. The molecule has 0 spiro atoms. The van der Waals surface area contributed by atoms with Crippen LogP contribution in [0.1, 0.15) is 62.3 Å². The lowest BCUT2D eigenvalue weighted by Gasteiger charge is -2.16. The lowest BCUT2D eigenvalue weighted by atomic mass is 9.96. The number of rotatable bonds is 4. The first-order chi connectivity index (χ1) is 17.1. The molecule has 2 rings (SSSR count). The molecular formula is C27H46Cl3N5O2. The number of nitrogens with zero attached hydrogens (tertiary/aromatic N) is 3. The zero-order valence-electron chi connectivity index (χ0n) is 23.8. The number of anilines is 2. The molecule has 3 N–H and O–H groups in total. The third-order valence-corrected chi connectivity index (χ3v) is 4.77. The van der Waals surface area contributed by atoms with Gasteiger partial charge >= 0.3 is 0 Å². The summed E-state index contributed by atoms with van der Waals surface area (Å²) in [7, 11) is 0. The van der Waals surface area contributed by atoms with Crippen molar-refractivity contribution in [3.05, 3.63) is 48.8 Å². The highest BCUT2D eigenvalue weighted by Gasteiger charge is 2.21. The number of aromatic nitrogens is 2. The second-order valence-corrected chi connectivity index (χ2v) is 10.6. The van der Waals surface area contributed by atoms with Crippen LogP contribution in [0.25, 0.3) is 0 Å². The van der Waals surface area contributed by atoms with Gasteiger partial charge in [-0.15, -0.1) is 23.2 Å². The Kier molecular flexibility index (Phi) is 24.8. The van der Waals surface area contributed by atoms with Crippen molar-refractivity contribution in [3.8, 4) is 0 Å². The normalized spacial score (nSPS) is 10.1. The summed E-state index contributed by atoms with van der Waals surface area (Å²) in [4.78, 5) is 31.8. The summed E-state index contributed by atoms with van der Waals surface area (Å²) < 4.78 is 0. The first-order valence-electron chi connectivity index (χ1n) is 12.0. The fourth-order valence-electron chi connectivity index (χ4n) is 1.79. The Morgan fingerprint density at radius 2 is 1.24 bits per heavy atom. The van der Waals surface area contributed by atoms with Gasteiger partial charge in [-0.25, -0.2) is 9.97 Å². The smallest absolute Gasteiger partial charge is 0.230 e. The number of hydrogen-bond acceptors (Lipinski definition) is 6. The zero-order chi connectivity index (χ0) is 29.5. The van der Waals surface area contributed by atoms with Crippen LogP contribution in [0.4, 0.5) is 11.6 Å². The average molecular weight is 579 g/mol. The van der Waals surface area contributed by atoms with Gasteiger partial charge in [0.2, 0.25) is 11.1 Å². The Labute approximate surface area is 239 Å². The Bertz CT molecular complexity index is 803. The van der Waals surface area contributed by atoms with E-state index in [-0.39, 0.29) is 27.3 Å². The predicted octanol–water partition coefficient (Wildman–Crippen LogP) is 7.30. The van der Waals surface area contributed by atoms with Crippen LogP contribution in [0.3, 0.4) is 0 Å². The van der Waals surface area contributed by atoms with Crippen LogP contribution in [0, 0.1) is 10.8 Å². The van der Waals surface area contributed by atoms with Crippen molar-refractivity contribution in [1.82, 2.24) is 14.9 Å². The molecule has 0 aliphatic heterocycles. The molecule has 7 nitrogen and oxygen atoms in total. The van der Waals surface area contributed by atoms with Crippen LogP contribution in [0.5, 0.6) is 0 Å². The van der Waals surface area contributed by atoms with Crippen molar-refractivity contribution in [3.63, 3.8) is 0 Å². The maximum atomic E-state index is 11.5. The second-order valence-electron chi connectivity index (χ2n) is 9.42. The molecule has 0 aliphatic rings. The van der Waals surface area contributed by atoms with Crippen molar-refractivity contribution >= 4 is 57.6 Å². The average Bonchev–Trinajstić information content (AvgIpc) is 2.82. The highest BCUT2D eigenvalue weighted by Crippen LogP contribution is 2.16. The molecular weight excluding hydrogens is 533 g/mol. The summed E-state index contributed by atoms with van der Waals surface area (Å²) in [6, 6.07) is 10.8. The van der Waals surface area contributed by atoms with Gasteiger partial charge in [0.1, 0.15) is 11.6 Å². The number of carbonyl (C=O) groups excluding carboxylic acids is 2. The molecule has 0 bridgehead atoms. The first-order valence-corrected chi connectivity index (χ1v) is 13.5. The minimum Gasteiger partial charge on any atom is -0.384 e. The molecule has 0 radical (unpaired) electrons. The van der Waals surface area contributed by atoms with Crippen LogP contribution in [-0.4, -0.2) is 51.0 Å². The number of amides is 1. The number of nitrogens with two attached hydrogens (primary N) is 1. The summed E-state index contributed by atoms with van der Waals surface area (Å²) in [6.07, 6.45) is 3.31. The summed E-state index contributed by atoms with van der Waals surface area (Å²) in [5.41, 5.74) is 4.50. The standard InChI is InChI=1S/C10H14N2O.C6H15N.C5H9ClO.C5H6N2.CH2Cl2/c1-10(2,3)9(13)12-8-6-4-5-7-11-8;1-4-7(5-2)6-3;1-5(2,3)4(6)7;6-5-3-1-2-4-7-5;2-1-3/h4-7H,1-3H3,(H,11,12,13);4-6H2,1-3H3;1-3H3;1-4H,(H2,6,7);1H2. The maximum Gasteiger partial charge on any atom is 0.230 e. The van der Waals surface area contributed by atoms with Crippen LogP contribution in [-0.2, 0) is 9.59 Å². The third-order valence-electron chi connectivity index (χ3n) is 4.21. The van der Waals surface area contributed by atoms with Gasteiger partial charge in [0.25, 0.3) is 0 Å². The largest absolute Gasteiger partial charge is 0.384 e. The number of carbonyl (C=O) groups is 2. The summed E-state index contributed by atoms with van der Waals surface area (Å²) in [6.45, 7) is 21.1. The molecule has 2 heterocycles. The van der Waals surface area contributed by atoms with Gasteiger partial charge in [-0.1, -0.05) is 74.4 Å². The molecule has 0 fully saturated rings. The SMILES string of the molecule is CC(C)(C)C(=O)Cl.CC(C)(C)C(=O)Nc1ccccn1.CCN(CC)CC.ClCCl.Nc1ccccn1. The van der Waals surface area contributed by atoms with Gasteiger partial charge in [0.15, 0.2) is 0 Å². The second kappa shape index (κ2) is 23.2. The molecule has 0 atom stereocenters. The fourth-order valence-corrected chi connectivity index (χ4v) is 1.79. The monoisotopic (exact) mass is 577 g/mol. The minimum absolute atomic E-state index is 0.0220. The van der Waals surface area contributed by atoms with Gasteiger partial charge in [0, 0.05) is 23.2 Å². The van der Waals surface area contributed by atoms with Crippen molar-refractivity contribution in [2.45, 2.75) is 62.3 Å². The number of hydrogen-bond donors (Lipinski definition) is 2. The molecule has 1 amide bonds. The Hall–Kier alpha value is -1.93. The molecule has 37 heavy (non-hydrogen) atoms. The van der Waals surface area contributed by atoms with E-state index in [1.807, 2.05) is 45.0 Å². The lowest BCUT2D eigenvalue weighted by molar-refractivity contribution is -0.123. The van der Waals surface area contributed by atoms with Gasteiger partial charge in [0.05, 0.1) is 5.34 Å². The quantitative estimate of drug-likeness (QED) is 0.292. The van der Waals surface area contributed by atoms with E-state index in [9.17, 15) is 9.59 Å². The van der Waals surface area contributed by atoms with Crippen LogP contribution >= 0.6 is 34.8 Å². The van der Waals surface area contributed by atoms with Crippen LogP contribution in [0.15, 0.2) is 48.8 Å². The number of nitrogen functional groups attached to an aromatic ring is 1. The molecule has 212 valence electrons. The van der Waals surface area contributed by atoms with Crippen LogP contribution in [0.2, 0.25) is 0 Å². The lowest BCUT2D eigenvalue weighted by Crippen LogP contribution is -2.27. The van der Waals surface area contributed by atoms with E-state index in [4.69, 9.17) is 40.5 Å². The molecule has 2 aromatic rings. The van der Waals surface area contributed by atoms with Gasteiger partial charge < -0.3 is 16.0 Å². The minimum atomic E-state index is -0.377. The van der Waals surface area contributed by atoms with E-state index in [0.717, 1.165) is 0 Å². The third kappa shape index (κ3) is 26.9. The zero-order valence-corrected chi connectivity index (χ0v) is 26.1.